The molecule has 10 rings (SSSR count). The van der Waals surface area contributed by atoms with Crippen LogP contribution in [0.4, 0.5) is 50.0 Å². The fourth-order valence-electron chi connectivity index (χ4n) is 9.01. The number of aliphatic hydroxyl groups excluding tert-OH is 2. The third-order valence-electron chi connectivity index (χ3n) is 12.8. The van der Waals surface area contributed by atoms with Gasteiger partial charge in [0, 0.05) is 79.1 Å². The van der Waals surface area contributed by atoms with Crippen molar-refractivity contribution in [2.45, 2.75) is 114 Å². The summed E-state index contributed by atoms with van der Waals surface area (Å²) in [5, 5.41) is 32.1. The lowest BCUT2D eigenvalue weighted by Gasteiger charge is -2.33. The maximum absolute atomic E-state index is 13.5. The second-order valence-corrected chi connectivity index (χ2v) is 21.6. The number of ether oxygens (including phenoxy) is 3. The number of fused-ring (bicyclic) bond motifs is 2. The van der Waals surface area contributed by atoms with Crippen molar-refractivity contribution in [2.24, 2.45) is 0 Å². The maximum Gasteiger partial charge on any atom is 0.534 e. The number of nitrogens with zero attached hydrogens (tertiary/aromatic N) is 5. The zero-order valence-corrected chi connectivity index (χ0v) is 43.5. The molecule has 4 aromatic carbocycles. The summed E-state index contributed by atoms with van der Waals surface area (Å²) in [4.78, 5) is 31.2. The molecule has 1 aliphatic carbocycles. The van der Waals surface area contributed by atoms with Crippen LogP contribution in [0.1, 0.15) is 83.6 Å². The Morgan fingerprint density at radius 1 is 0.688 bits per heavy atom. The normalized spacial score (nSPS) is 19.4. The van der Waals surface area contributed by atoms with Gasteiger partial charge in [0.05, 0.1) is 23.2 Å². The number of amides is 1. The molecule has 1 unspecified atom stereocenters. The number of carbonyl (C=O) groups excluding carboxylic acids is 1. The van der Waals surface area contributed by atoms with Crippen molar-refractivity contribution in [3.63, 3.8) is 0 Å². The van der Waals surface area contributed by atoms with Crippen LogP contribution in [0.2, 0.25) is 0 Å². The zero-order valence-electron chi connectivity index (χ0n) is 42.7. The number of aromatic nitrogens is 4. The van der Waals surface area contributed by atoms with Gasteiger partial charge in [0.25, 0.3) is 0 Å². The van der Waals surface area contributed by atoms with Crippen molar-refractivity contribution in [1.82, 2.24) is 35.5 Å². The number of rotatable bonds is 11. The summed E-state index contributed by atoms with van der Waals surface area (Å²) in [7, 11) is -6.01. The summed E-state index contributed by atoms with van der Waals surface area (Å²) in [5.41, 5.74) is -3.31. The van der Waals surface area contributed by atoms with Crippen LogP contribution in [0, 0.1) is 11.6 Å². The maximum atomic E-state index is 13.5. The number of anilines is 4. The van der Waals surface area contributed by atoms with Gasteiger partial charge >= 0.3 is 21.7 Å². The molecule has 1 amide bonds. The number of benzene rings is 4. The molecule has 3 saturated heterocycles. The van der Waals surface area contributed by atoms with Gasteiger partial charge in [-0.25, -0.2) is 33.5 Å². The molecular weight excluding hydrogens is 1030 g/mol. The number of aliphatic hydroxyl groups is 2. The number of nitrogens with one attached hydrogen (secondary N) is 4. The fraction of sp³-hybridized carbons (Fsp3) is 0.453. The molecular formula is C53H62F5N9O9S. The van der Waals surface area contributed by atoms with E-state index in [0.717, 1.165) is 93.0 Å². The predicted molar refractivity (Wildman–Crippen MR) is 278 cm³/mol. The van der Waals surface area contributed by atoms with Crippen LogP contribution in [-0.4, -0.2) is 124 Å². The predicted octanol–water partition coefficient (Wildman–Crippen LogP) is 9.13. The van der Waals surface area contributed by atoms with Gasteiger partial charge in [0.2, 0.25) is 11.9 Å². The van der Waals surface area contributed by atoms with Gasteiger partial charge < -0.3 is 54.8 Å². The van der Waals surface area contributed by atoms with Crippen molar-refractivity contribution in [3.8, 4) is 17.2 Å². The molecule has 0 spiro atoms. The average molecular weight is 1100 g/mol. The minimum atomic E-state index is -6.01. The van der Waals surface area contributed by atoms with Crippen LogP contribution in [0.25, 0.3) is 21.8 Å². The minimum absolute atomic E-state index is 0.0475. The first-order valence-electron chi connectivity index (χ1n) is 25.4. The van der Waals surface area contributed by atoms with Gasteiger partial charge in [-0.05, 0) is 139 Å². The number of hydrogen-bond donors (Lipinski definition) is 6. The first-order chi connectivity index (χ1) is 36.6. The fourth-order valence-corrected chi connectivity index (χ4v) is 9.47. The minimum Gasteiger partial charge on any atom is -0.490 e. The van der Waals surface area contributed by atoms with E-state index >= 15 is 0 Å². The van der Waals surface area contributed by atoms with E-state index in [-0.39, 0.29) is 65.7 Å². The Hall–Kier alpha value is -6.73. The quantitative estimate of drug-likeness (QED) is 0.0403. The number of carbonyl (C=O) groups is 1. The van der Waals surface area contributed by atoms with Gasteiger partial charge in [-0.1, -0.05) is 12.1 Å². The monoisotopic (exact) mass is 1100 g/mol. The van der Waals surface area contributed by atoms with E-state index < -0.39 is 45.0 Å². The van der Waals surface area contributed by atoms with E-state index in [1.807, 2.05) is 6.07 Å². The molecule has 77 heavy (non-hydrogen) atoms. The van der Waals surface area contributed by atoms with Crippen LogP contribution in [-0.2, 0) is 14.9 Å². The summed E-state index contributed by atoms with van der Waals surface area (Å²) >= 11 is 0. The smallest absolute Gasteiger partial charge is 0.490 e. The molecule has 0 bridgehead atoms. The topological polar surface area (TPSA) is 232 Å². The first kappa shape index (κ1) is 56.5. The molecule has 3 aliphatic heterocycles. The third kappa shape index (κ3) is 15.9. The highest BCUT2D eigenvalue weighted by Gasteiger charge is 2.49. The van der Waals surface area contributed by atoms with Crippen molar-refractivity contribution in [2.75, 3.05) is 49.9 Å². The van der Waals surface area contributed by atoms with Crippen LogP contribution in [0.15, 0.2) is 85.2 Å². The second kappa shape index (κ2) is 24.7. The second-order valence-electron chi connectivity index (χ2n) is 20.1. The Labute approximate surface area is 442 Å². The van der Waals surface area contributed by atoms with E-state index in [1.165, 1.54) is 47.5 Å². The molecule has 1 saturated carbocycles. The van der Waals surface area contributed by atoms with Gasteiger partial charge in [0.15, 0.2) is 11.5 Å². The lowest BCUT2D eigenvalue weighted by molar-refractivity contribution is -0.0500. The number of alkyl halides is 3. The molecule has 4 fully saturated rings. The average Bonchev–Trinajstić information content (AvgIpc) is 4.05. The van der Waals surface area contributed by atoms with Crippen LogP contribution < -0.4 is 34.9 Å². The van der Waals surface area contributed by atoms with Crippen molar-refractivity contribution < 1.29 is 63.8 Å². The first-order valence-corrected chi connectivity index (χ1v) is 26.8. The van der Waals surface area contributed by atoms with Crippen LogP contribution in [0.3, 0.4) is 0 Å². The molecule has 3 atom stereocenters. The molecule has 4 aliphatic rings. The zero-order chi connectivity index (χ0) is 54.9. The number of β-amino-alcohol motifs (C(OH)–C–C–N with tert-alkyl or cyclic N) is 1. The SMILES string of the molecule is CC(C)(C)OC(=O)N1CCC(Oc2cc3nc(Nc4cccc(F)c4)ncc3cc2OS(=O)(=O)C(F)(F)F)CC1.O[C@@H]1CCC(c2cc3cnc(Nc4cccc(F)c4)nc3cc2OC2CCNCC2)C1.O[C@@H]1CCNC1. The lowest BCUT2D eigenvalue weighted by atomic mass is 9.95. The summed E-state index contributed by atoms with van der Waals surface area (Å²) in [6, 6.07) is 18.1. The van der Waals surface area contributed by atoms with Crippen LogP contribution >= 0.6 is 0 Å². The van der Waals surface area contributed by atoms with Gasteiger partial charge in [-0.2, -0.15) is 21.6 Å². The molecule has 6 N–H and O–H groups in total. The Balaban J connectivity index is 0.000000187. The highest BCUT2D eigenvalue weighted by atomic mass is 32.2. The van der Waals surface area contributed by atoms with Crippen molar-refractivity contribution in [1.29, 1.82) is 0 Å². The molecule has 24 heteroatoms. The number of halogens is 5. The number of piperidine rings is 2. The largest absolute Gasteiger partial charge is 0.534 e. The van der Waals surface area contributed by atoms with E-state index in [9.17, 15) is 40.3 Å². The molecule has 5 heterocycles. The van der Waals surface area contributed by atoms with Gasteiger partial charge in [-0.15, -0.1) is 0 Å². The van der Waals surface area contributed by atoms with E-state index in [0.29, 0.717) is 30.2 Å². The van der Waals surface area contributed by atoms with E-state index in [1.54, 1.807) is 45.2 Å². The van der Waals surface area contributed by atoms with E-state index in [4.69, 9.17) is 19.3 Å². The lowest BCUT2D eigenvalue weighted by Crippen LogP contribution is -2.44. The Morgan fingerprint density at radius 2 is 1.25 bits per heavy atom. The highest BCUT2D eigenvalue weighted by Crippen LogP contribution is 2.42. The van der Waals surface area contributed by atoms with E-state index in [2.05, 4.69) is 51.5 Å². The van der Waals surface area contributed by atoms with Crippen molar-refractivity contribution in [3.05, 3.63) is 102 Å². The summed E-state index contributed by atoms with van der Waals surface area (Å²) < 4.78 is 112. The summed E-state index contributed by atoms with van der Waals surface area (Å²) in [6.07, 6.45) is 7.78. The van der Waals surface area contributed by atoms with Crippen LogP contribution in [0.5, 0.6) is 17.2 Å². The number of likely N-dealkylation sites (tertiary alicyclic amines) is 1. The van der Waals surface area contributed by atoms with Crippen molar-refractivity contribution >= 4 is 61.3 Å². The molecule has 2 aromatic heterocycles. The summed E-state index contributed by atoms with van der Waals surface area (Å²) in [5.74, 6) is -0.213. The van der Waals surface area contributed by atoms with Gasteiger partial charge in [-0.3, -0.25) is 0 Å². The number of hydrogen-bond acceptors (Lipinski definition) is 17. The molecule has 6 aromatic rings. The summed E-state index contributed by atoms with van der Waals surface area (Å²) in [6.45, 7) is 9.39. The molecule has 0 radical (unpaired) electrons. The third-order valence-corrected chi connectivity index (χ3v) is 13.8. The standard InChI is InChI=1S/C25H26F4N4O6S.C24H27FN4O2.C4H9NO/c1-24(2,3)38-23(34)33-9-7-18(8-10-33)37-20-13-19-15(11-21(20)39-40(35,36)25(27,28)29)14-30-22(32-19)31-17-6-4-5-16(26)12-17;25-17-2-1-3-18(12-17)28-24-27-14-16-11-21(15-4-5-19(30)10-15)23(13-22(16)29-24)31-20-6-8-26-9-7-20;6-4-1-2-5-3-4/h4-6,11-14,18H,7-10H2,1-3H3,(H,30,31,32);1-3,11-15,19-20,26,30H,4-10H2,(H,27,28,29);4-6H,1-3H2/t;15?,19-;4-/m.11/s1. The highest BCUT2D eigenvalue weighted by molar-refractivity contribution is 7.88. The Kier molecular flexibility index (Phi) is 18.1. The van der Waals surface area contributed by atoms with Gasteiger partial charge in [0.1, 0.15) is 35.2 Å². The molecule has 414 valence electrons. The molecule has 18 nitrogen and oxygen atoms in total. The Morgan fingerprint density at radius 3 is 1.75 bits per heavy atom. The Bertz CT molecular complexity index is 3100.